The van der Waals surface area contributed by atoms with Crippen LogP contribution >= 0.6 is 0 Å². The zero-order valence-electron chi connectivity index (χ0n) is 27.8. The molecule has 0 atom stereocenters. The molecule has 3 rings (SSSR count). The van der Waals surface area contributed by atoms with Gasteiger partial charge in [0.25, 0.3) is 0 Å². The van der Waals surface area contributed by atoms with Crippen LogP contribution in [0.5, 0.6) is 0 Å². The number of rotatable bonds is 12. The van der Waals surface area contributed by atoms with Gasteiger partial charge in [-0.3, -0.25) is 9.59 Å². The van der Waals surface area contributed by atoms with Crippen molar-refractivity contribution in [2.45, 2.75) is 128 Å². The Labute approximate surface area is 249 Å². The van der Waals surface area contributed by atoms with Gasteiger partial charge in [-0.15, -0.1) is 0 Å². The van der Waals surface area contributed by atoms with Crippen LogP contribution in [0.15, 0.2) is 24.3 Å². The predicted molar refractivity (Wildman–Crippen MR) is 187 cm³/mol. The number of aryl methyl sites for hydroxylation is 4. The minimum Gasteiger partial charge on any atom is -0.289 e. The van der Waals surface area contributed by atoms with Gasteiger partial charge in [0.05, 0.1) is 0 Å². The average molecular weight is 609 g/mol. The number of fused-ring (bicyclic) bond motifs is 2. The van der Waals surface area contributed by atoms with Crippen molar-refractivity contribution in [3.8, 4) is 0 Å². The third-order valence-corrected chi connectivity index (χ3v) is 15.2. The van der Waals surface area contributed by atoms with Gasteiger partial charge in [-0.1, -0.05) is 127 Å². The SMILES string of the molecule is C[Si](C)(C)CCc1ccc(CC[Si](C)(C)C)c2c1C(=O)c1c(CC[Si](C)(C)C)ccc(CC[Si](C)(C)C)c1C2=O. The van der Waals surface area contributed by atoms with Crippen LogP contribution in [0.2, 0.25) is 103 Å². The molecule has 0 bridgehead atoms. The fourth-order valence-corrected chi connectivity index (χ4v) is 9.61. The highest BCUT2D eigenvalue weighted by Crippen LogP contribution is 2.38. The summed E-state index contributed by atoms with van der Waals surface area (Å²) in [7, 11) is -5.26. The van der Waals surface area contributed by atoms with E-state index in [0.717, 1.165) is 94.4 Å². The molecule has 1 aliphatic rings. The van der Waals surface area contributed by atoms with E-state index in [9.17, 15) is 9.59 Å². The Morgan fingerprint density at radius 3 is 0.700 bits per heavy atom. The van der Waals surface area contributed by atoms with Crippen molar-refractivity contribution in [2.75, 3.05) is 0 Å². The molecule has 1 aliphatic carbocycles. The van der Waals surface area contributed by atoms with Crippen LogP contribution in [0.4, 0.5) is 0 Å². The van der Waals surface area contributed by atoms with Gasteiger partial charge < -0.3 is 0 Å². The molecule has 0 amide bonds. The third kappa shape index (κ3) is 8.82. The molecule has 0 heterocycles. The molecule has 0 N–H and O–H groups in total. The van der Waals surface area contributed by atoms with Gasteiger partial charge in [-0.25, -0.2) is 0 Å². The summed E-state index contributed by atoms with van der Waals surface area (Å²) in [6.45, 7) is 28.7. The van der Waals surface area contributed by atoms with Crippen LogP contribution in [-0.2, 0) is 25.7 Å². The van der Waals surface area contributed by atoms with Crippen molar-refractivity contribution in [1.82, 2.24) is 0 Å². The van der Waals surface area contributed by atoms with Crippen molar-refractivity contribution in [1.29, 1.82) is 0 Å². The highest BCUT2D eigenvalue weighted by atomic mass is 28.3. The molecule has 2 aromatic rings. The Balaban J connectivity index is 2.25. The highest BCUT2D eigenvalue weighted by molar-refractivity contribution is 6.77. The molecule has 0 radical (unpaired) electrons. The topological polar surface area (TPSA) is 34.1 Å². The standard InChI is InChI=1S/C34H56O2Si4/c1-37(2,3)21-17-25-13-14-26(18-22-38(4,5)6)30-29(25)33(35)31-27(19-23-39(7,8)9)15-16-28(32(31)34(30)36)20-24-40(10,11)12/h13-16H,17-24H2,1-12H3. The lowest BCUT2D eigenvalue weighted by molar-refractivity contribution is 0.0976. The van der Waals surface area contributed by atoms with E-state index in [1.54, 1.807) is 0 Å². The molecular formula is C34H56O2Si4. The molecule has 40 heavy (non-hydrogen) atoms. The lowest BCUT2D eigenvalue weighted by atomic mass is 9.75. The van der Waals surface area contributed by atoms with E-state index in [2.05, 4.69) is 103 Å². The minimum atomic E-state index is -1.31. The fraction of sp³-hybridized carbons (Fsp3) is 0.588. The first kappa shape index (κ1) is 33.2. The molecule has 6 heteroatoms. The van der Waals surface area contributed by atoms with Crippen molar-refractivity contribution in [2.24, 2.45) is 0 Å². The molecule has 0 saturated heterocycles. The van der Waals surface area contributed by atoms with Crippen molar-refractivity contribution >= 4 is 43.9 Å². The number of ketones is 2. The van der Waals surface area contributed by atoms with Crippen molar-refractivity contribution in [3.63, 3.8) is 0 Å². The quantitative estimate of drug-likeness (QED) is 0.192. The monoisotopic (exact) mass is 608 g/mol. The summed E-state index contributed by atoms with van der Waals surface area (Å²) < 4.78 is 0. The van der Waals surface area contributed by atoms with Gasteiger partial charge in [0.1, 0.15) is 0 Å². The van der Waals surface area contributed by atoms with Gasteiger partial charge in [0.2, 0.25) is 0 Å². The van der Waals surface area contributed by atoms with Crippen LogP contribution < -0.4 is 0 Å². The number of carbonyl (C=O) groups is 2. The normalized spacial score (nSPS) is 14.4. The van der Waals surface area contributed by atoms with Crippen molar-refractivity contribution in [3.05, 3.63) is 68.8 Å². The lowest BCUT2D eigenvalue weighted by Crippen LogP contribution is -2.30. The first-order valence-corrected chi connectivity index (χ1v) is 30.4. The third-order valence-electron chi connectivity index (χ3n) is 8.24. The van der Waals surface area contributed by atoms with Gasteiger partial charge >= 0.3 is 0 Å². The summed E-state index contributed by atoms with van der Waals surface area (Å²) in [5.74, 6) is 0.260. The maximum Gasteiger partial charge on any atom is 0.195 e. The van der Waals surface area contributed by atoms with Crippen LogP contribution in [0.3, 0.4) is 0 Å². The predicted octanol–water partition coefficient (Wildman–Crippen LogP) is 9.98. The number of hydrogen-bond acceptors (Lipinski definition) is 2. The summed E-state index contributed by atoms with van der Waals surface area (Å²) in [6.07, 6.45) is 3.56. The second-order valence-corrected chi connectivity index (χ2v) is 39.7. The van der Waals surface area contributed by atoms with E-state index in [0.29, 0.717) is 0 Å². The molecule has 2 aromatic carbocycles. The van der Waals surface area contributed by atoms with Crippen molar-refractivity contribution < 1.29 is 9.59 Å². The van der Waals surface area contributed by atoms with E-state index < -0.39 is 32.3 Å². The largest absolute Gasteiger partial charge is 0.289 e. The van der Waals surface area contributed by atoms with E-state index in [1.165, 1.54) is 0 Å². The number of hydrogen-bond donors (Lipinski definition) is 0. The van der Waals surface area contributed by atoms with E-state index in [1.807, 2.05) is 0 Å². The molecule has 0 aliphatic heterocycles. The molecule has 0 spiro atoms. The maximum atomic E-state index is 14.7. The second-order valence-electron chi connectivity index (χ2n) is 17.2. The average Bonchev–Trinajstić information content (AvgIpc) is 2.79. The Morgan fingerprint density at radius 2 is 0.550 bits per heavy atom. The van der Waals surface area contributed by atoms with Gasteiger partial charge in [-0.2, -0.15) is 0 Å². The first-order valence-electron chi connectivity index (χ1n) is 15.6. The molecule has 0 saturated carbocycles. The van der Waals surface area contributed by atoms with E-state index in [4.69, 9.17) is 0 Å². The molecular weight excluding hydrogens is 553 g/mol. The van der Waals surface area contributed by atoms with Crippen LogP contribution in [0.1, 0.15) is 54.1 Å². The van der Waals surface area contributed by atoms with Crippen LogP contribution in [-0.4, -0.2) is 43.9 Å². The maximum absolute atomic E-state index is 14.7. The molecule has 0 aromatic heterocycles. The molecule has 220 valence electrons. The highest BCUT2D eigenvalue weighted by Gasteiger charge is 2.37. The van der Waals surface area contributed by atoms with Crippen LogP contribution in [0.25, 0.3) is 0 Å². The first-order chi connectivity index (χ1) is 18.2. The number of benzene rings is 2. The minimum absolute atomic E-state index is 0.130. The van der Waals surface area contributed by atoms with Gasteiger partial charge in [-0.05, 0) is 47.9 Å². The number of carbonyl (C=O) groups excluding carboxylic acids is 2. The Hall–Kier alpha value is -1.35. The zero-order chi connectivity index (χ0) is 30.3. The summed E-state index contributed by atoms with van der Waals surface area (Å²) in [6, 6.07) is 13.3. The van der Waals surface area contributed by atoms with Gasteiger partial charge in [0.15, 0.2) is 11.6 Å². The lowest BCUT2D eigenvalue weighted by Gasteiger charge is -2.29. The molecule has 0 fully saturated rings. The van der Waals surface area contributed by atoms with Gasteiger partial charge in [0, 0.05) is 54.5 Å². The summed E-state index contributed by atoms with van der Waals surface area (Å²) in [5.41, 5.74) is 7.40. The fourth-order valence-electron chi connectivity index (χ4n) is 5.54. The van der Waals surface area contributed by atoms with E-state index in [-0.39, 0.29) is 11.6 Å². The van der Waals surface area contributed by atoms with Crippen LogP contribution in [0, 0.1) is 0 Å². The Morgan fingerprint density at radius 1 is 0.375 bits per heavy atom. The smallest absolute Gasteiger partial charge is 0.195 e. The molecule has 2 nitrogen and oxygen atoms in total. The zero-order valence-corrected chi connectivity index (χ0v) is 31.8. The summed E-state index contributed by atoms with van der Waals surface area (Å²) in [4.78, 5) is 29.5. The van der Waals surface area contributed by atoms with E-state index >= 15 is 0 Å². The Kier molecular flexibility index (Phi) is 10.0. The molecule has 0 unspecified atom stereocenters. The Bertz CT molecular complexity index is 1070. The second kappa shape index (κ2) is 12.1. The summed E-state index contributed by atoms with van der Waals surface area (Å²) in [5, 5.41) is 0. The summed E-state index contributed by atoms with van der Waals surface area (Å²) >= 11 is 0.